The lowest BCUT2D eigenvalue weighted by Gasteiger charge is -2.30. The van der Waals surface area contributed by atoms with Crippen LogP contribution >= 0.6 is 22.9 Å². The van der Waals surface area contributed by atoms with Crippen molar-refractivity contribution >= 4 is 45.7 Å². The molecule has 0 spiro atoms. The standard InChI is InChI=1S/C18H21ClN4O2S/c1-12-4-3-7-23(10-12)16(24)9-15-11-26-18(21-15)22-17(25)20-14-6-2-5-13(19)8-14/h2,5-6,8,11-12H,3-4,7,9-10H2,1H3,(H2,20,21,22,25)/t12-/m0/s1. The van der Waals surface area contributed by atoms with Gasteiger partial charge in [-0.1, -0.05) is 24.6 Å². The van der Waals surface area contributed by atoms with Gasteiger partial charge < -0.3 is 10.2 Å². The molecule has 3 amide bonds. The van der Waals surface area contributed by atoms with Crippen LogP contribution in [-0.2, 0) is 11.2 Å². The summed E-state index contributed by atoms with van der Waals surface area (Å²) in [6.45, 7) is 3.80. The number of carbonyl (C=O) groups excluding carboxylic acids is 2. The molecule has 8 heteroatoms. The first kappa shape index (κ1) is 18.7. The van der Waals surface area contributed by atoms with Crippen LogP contribution in [0.2, 0.25) is 5.02 Å². The number of amides is 3. The molecule has 26 heavy (non-hydrogen) atoms. The Hall–Kier alpha value is -2.12. The third-order valence-corrected chi connectivity index (χ3v) is 5.24. The van der Waals surface area contributed by atoms with Gasteiger partial charge in [0.25, 0.3) is 0 Å². The Morgan fingerprint density at radius 2 is 2.23 bits per heavy atom. The number of urea groups is 1. The molecule has 0 aliphatic carbocycles. The van der Waals surface area contributed by atoms with Crippen LogP contribution in [0.5, 0.6) is 0 Å². The molecule has 3 rings (SSSR count). The fraction of sp³-hybridized carbons (Fsp3) is 0.389. The molecule has 1 atom stereocenters. The number of nitrogens with zero attached hydrogens (tertiary/aromatic N) is 2. The fourth-order valence-corrected chi connectivity index (χ4v) is 3.85. The lowest BCUT2D eigenvalue weighted by atomic mass is 10.00. The van der Waals surface area contributed by atoms with Crippen molar-refractivity contribution in [1.29, 1.82) is 0 Å². The number of hydrogen-bond donors (Lipinski definition) is 2. The molecule has 0 saturated carbocycles. The Labute approximate surface area is 161 Å². The van der Waals surface area contributed by atoms with Gasteiger partial charge in [-0.2, -0.15) is 0 Å². The molecule has 1 aromatic heterocycles. The van der Waals surface area contributed by atoms with Crippen LogP contribution in [0, 0.1) is 5.92 Å². The minimum atomic E-state index is -0.399. The van der Waals surface area contributed by atoms with Crippen molar-refractivity contribution in [2.24, 2.45) is 5.92 Å². The lowest BCUT2D eigenvalue weighted by molar-refractivity contribution is -0.132. The van der Waals surface area contributed by atoms with Gasteiger partial charge in [-0.25, -0.2) is 9.78 Å². The van der Waals surface area contributed by atoms with Gasteiger partial charge in [0.1, 0.15) is 0 Å². The number of aromatic nitrogens is 1. The van der Waals surface area contributed by atoms with Crippen molar-refractivity contribution in [2.75, 3.05) is 23.7 Å². The van der Waals surface area contributed by atoms with E-state index in [0.29, 0.717) is 27.5 Å². The maximum Gasteiger partial charge on any atom is 0.325 e. The SMILES string of the molecule is C[C@H]1CCCN(C(=O)Cc2csc(NC(=O)Nc3cccc(Cl)c3)n2)C1. The average molecular weight is 393 g/mol. The monoisotopic (exact) mass is 392 g/mol. The van der Waals surface area contributed by atoms with Crippen molar-refractivity contribution in [3.8, 4) is 0 Å². The van der Waals surface area contributed by atoms with Crippen LogP contribution in [0.15, 0.2) is 29.6 Å². The van der Waals surface area contributed by atoms with Gasteiger partial charge in [0.2, 0.25) is 5.91 Å². The second kappa shape index (κ2) is 8.51. The lowest BCUT2D eigenvalue weighted by Crippen LogP contribution is -2.39. The number of nitrogens with one attached hydrogen (secondary N) is 2. The molecule has 1 saturated heterocycles. The summed E-state index contributed by atoms with van der Waals surface area (Å²) in [5, 5.41) is 8.18. The molecule has 1 aliphatic rings. The van der Waals surface area contributed by atoms with E-state index in [0.717, 1.165) is 19.5 Å². The van der Waals surface area contributed by atoms with E-state index in [2.05, 4.69) is 22.5 Å². The van der Waals surface area contributed by atoms with E-state index < -0.39 is 6.03 Å². The van der Waals surface area contributed by atoms with Gasteiger partial charge in [0.05, 0.1) is 12.1 Å². The zero-order valence-electron chi connectivity index (χ0n) is 14.5. The molecule has 1 fully saturated rings. The van der Waals surface area contributed by atoms with Crippen LogP contribution in [0.1, 0.15) is 25.5 Å². The van der Waals surface area contributed by atoms with Gasteiger partial charge >= 0.3 is 6.03 Å². The van der Waals surface area contributed by atoms with E-state index in [1.165, 1.54) is 17.8 Å². The fourth-order valence-electron chi connectivity index (χ4n) is 2.95. The Morgan fingerprint density at radius 1 is 1.38 bits per heavy atom. The topological polar surface area (TPSA) is 74.3 Å². The molecule has 0 radical (unpaired) electrons. The number of hydrogen-bond acceptors (Lipinski definition) is 4. The summed E-state index contributed by atoms with van der Waals surface area (Å²) in [6.07, 6.45) is 2.50. The summed E-state index contributed by atoms with van der Waals surface area (Å²) in [6, 6.07) is 6.50. The molecule has 138 valence electrons. The molecular formula is C18H21ClN4O2S. The van der Waals surface area contributed by atoms with Crippen molar-refractivity contribution in [3.05, 3.63) is 40.4 Å². The van der Waals surface area contributed by atoms with Gasteiger partial charge in [-0.3, -0.25) is 10.1 Å². The summed E-state index contributed by atoms with van der Waals surface area (Å²) in [7, 11) is 0. The van der Waals surface area contributed by atoms with E-state index in [4.69, 9.17) is 11.6 Å². The molecule has 2 N–H and O–H groups in total. The number of halogens is 1. The normalized spacial score (nSPS) is 17.0. The Balaban J connectivity index is 1.52. The highest BCUT2D eigenvalue weighted by Gasteiger charge is 2.21. The average Bonchev–Trinajstić information content (AvgIpc) is 3.01. The highest BCUT2D eigenvalue weighted by Crippen LogP contribution is 2.20. The maximum absolute atomic E-state index is 12.4. The van der Waals surface area contributed by atoms with Crippen molar-refractivity contribution in [1.82, 2.24) is 9.88 Å². The predicted octanol–water partition coefficient (Wildman–Crippen LogP) is 4.24. The van der Waals surface area contributed by atoms with Crippen molar-refractivity contribution in [2.45, 2.75) is 26.2 Å². The van der Waals surface area contributed by atoms with E-state index >= 15 is 0 Å². The third kappa shape index (κ3) is 5.19. The Kier molecular flexibility index (Phi) is 6.11. The number of piperidine rings is 1. The van der Waals surface area contributed by atoms with Crippen LogP contribution in [0.25, 0.3) is 0 Å². The van der Waals surface area contributed by atoms with Crippen molar-refractivity contribution in [3.63, 3.8) is 0 Å². The summed E-state index contributed by atoms with van der Waals surface area (Å²) in [5.41, 5.74) is 1.28. The van der Waals surface area contributed by atoms with Gasteiger partial charge in [-0.15, -0.1) is 11.3 Å². The first-order valence-electron chi connectivity index (χ1n) is 8.55. The minimum Gasteiger partial charge on any atom is -0.342 e. The molecule has 6 nitrogen and oxygen atoms in total. The van der Waals surface area contributed by atoms with Crippen LogP contribution in [0.3, 0.4) is 0 Å². The highest BCUT2D eigenvalue weighted by molar-refractivity contribution is 7.14. The maximum atomic E-state index is 12.4. The number of likely N-dealkylation sites (tertiary alicyclic amines) is 1. The van der Waals surface area contributed by atoms with Crippen LogP contribution in [0.4, 0.5) is 15.6 Å². The second-order valence-corrected chi connectivity index (χ2v) is 7.79. The van der Waals surface area contributed by atoms with Crippen LogP contribution < -0.4 is 10.6 Å². The summed E-state index contributed by atoms with van der Waals surface area (Å²) in [4.78, 5) is 30.7. The van der Waals surface area contributed by atoms with E-state index in [9.17, 15) is 9.59 Å². The molecule has 1 aromatic carbocycles. The minimum absolute atomic E-state index is 0.0942. The largest absolute Gasteiger partial charge is 0.342 e. The zero-order valence-corrected chi connectivity index (χ0v) is 16.1. The number of rotatable bonds is 4. The molecule has 2 heterocycles. The molecule has 2 aromatic rings. The first-order chi connectivity index (χ1) is 12.5. The number of carbonyl (C=O) groups is 2. The van der Waals surface area contributed by atoms with Gasteiger partial charge in [0, 0.05) is 29.2 Å². The first-order valence-corrected chi connectivity index (χ1v) is 9.81. The van der Waals surface area contributed by atoms with Gasteiger partial charge in [-0.05, 0) is 37.0 Å². The van der Waals surface area contributed by atoms with E-state index in [1.54, 1.807) is 29.6 Å². The number of anilines is 2. The molecule has 0 unspecified atom stereocenters. The summed E-state index contributed by atoms with van der Waals surface area (Å²) in [5.74, 6) is 0.646. The predicted molar refractivity (Wildman–Crippen MR) is 105 cm³/mol. The van der Waals surface area contributed by atoms with Gasteiger partial charge in [0.15, 0.2) is 5.13 Å². The highest BCUT2D eigenvalue weighted by atomic mass is 35.5. The third-order valence-electron chi connectivity index (χ3n) is 4.20. The molecule has 1 aliphatic heterocycles. The zero-order chi connectivity index (χ0) is 18.5. The quantitative estimate of drug-likeness (QED) is 0.817. The summed E-state index contributed by atoms with van der Waals surface area (Å²) >= 11 is 7.20. The van der Waals surface area contributed by atoms with E-state index in [1.807, 2.05) is 4.90 Å². The Morgan fingerprint density at radius 3 is 3.00 bits per heavy atom. The van der Waals surface area contributed by atoms with Crippen LogP contribution in [-0.4, -0.2) is 34.9 Å². The Bertz CT molecular complexity index is 795. The van der Waals surface area contributed by atoms with E-state index in [-0.39, 0.29) is 12.3 Å². The number of thiazole rings is 1. The van der Waals surface area contributed by atoms with Crippen molar-refractivity contribution < 1.29 is 9.59 Å². The number of benzene rings is 1. The molecular weight excluding hydrogens is 372 g/mol. The summed E-state index contributed by atoms with van der Waals surface area (Å²) < 4.78 is 0. The molecule has 0 bridgehead atoms. The smallest absolute Gasteiger partial charge is 0.325 e. The second-order valence-electron chi connectivity index (χ2n) is 6.50.